The van der Waals surface area contributed by atoms with E-state index in [0.717, 1.165) is 22.5 Å². The van der Waals surface area contributed by atoms with Crippen molar-refractivity contribution in [3.05, 3.63) is 77.5 Å². The van der Waals surface area contributed by atoms with E-state index in [4.69, 9.17) is 16.7 Å². The third kappa shape index (κ3) is 5.81. The average molecular weight is 423 g/mol. The smallest absolute Gasteiger partial charge is 0.244 e. The first-order chi connectivity index (χ1) is 14.4. The van der Waals surface area contributed by atoms with Gasteiger partial charge < -0.3 is 10.6 Å². The van der Waals surface area contributed by atoms with Crippen LogP contribution in [0.25, 0.3) is 23.0 Å². The molecule has 2 N–H and O–H groups in total. The van der Waals surface area contributed by atoms with Crippen LogP contribution in [0.5, 0.6) is 0 Å². The van der Waals surface area contributed by atoms with Crippen LogP contribution in [-0.4, -0.2) is 34.2 Å². The summed E-state index contributed by atoms with van der Waals surface area (Å²) in [6.45, 7) is 3.65. The Kier molecular flexibility index (Phi) is 7.03. The predicted molar refractivity (Wildman–Crippen MR) is 119 cm³/mol. The molecule has 0 aliphatic carbocycles. The van der Waals surface area contributed by atoms with Crippen molar-refractivity contribution in [3.8, 4) is 16.9 Å². The molecule has 0 fully saturated rings. The minimum Gasteiger partial charge on any atom is -0.352 e. The Balaban J connectivity index is 1.82. The fraction of sp³-hybridized carbons (Fsp3) is 0.174. The van der Waals surface area contributed by atoms with Crippen molar-refractivity contribution < 1.29 is 9.59 Å². The van der Waals surface area contributed by atoms with Crippen molar-refractivity contribution in [2.24, 2.45) is 0 Å². The van der Waals surface area contributed by atoms with Crippen molar-refractivity contribution >= 4 is 29.5 Å². The number of nitrogens with one attached hydrogen (secondary N) is 2. The molecule has 30 heavy (non-hydrogen) atoms. The maximum Gasteiger partial charge on any atom is 0.244 e. The van der Waals surface area contributed by atoms with Gasteiger partial charge in [-0.2, -0.15) is 5.10 Å². The number of rotatable bonds is 7. The minimum absolute atomic E-state index is 0.0238. The highest BCUT2D eigenvalue weighted by molar-refractivity contribution is 6.30. The summed E-state index contributed by atoms with van der Waals surface area (Å²) in [7, 11) is 0. The monoisotopic (exact) mass is 422 g/mol. The fourth-order valence-corrected chi connectivity index (χ4v) is 2.95. The highest BCUT2D eigenvalue weighted by Crippen LogP contribution is 2.26. The van der Waals surface area contributed by atoms with Gasteiger partial charge in [-0.05, 0) is 44.2 Å². The quantitative estimate of drug-likeness (QED) is 0.568. The van der Waals surface area contributed by atoms with Gasteiger partial charge in [0.2, 0.25) is 11.8 Å². The number of nitrogens with zero attached hydrogens (tertiary/aromatic N) is 2. The summed E-state index contributed by atoms with van der Waals surface area (Å²) in [6.07, 6.45) is 4.94. The van der Waals surface area contributed by atoms with Crippen LogP contribution in [0, 0.1) is 0 Å². The van der Waals surface area contributed by atoms with E-state index in [1.54, 1.807) is 22.9 Å². The fourth-order valence-electron chi connectivity index (χ4n) is 2.82. The summed E-state index contributed by atoms with van der Waals surface area (Å²) >= 11 is 6.01. The van der Waals surface area contributed by atoms with Gasteiger partial charge in [0, 0.05) is 34.5 Å². The Morgan fingerprint density at radius 2 is 1.80 bits per heavy atom. The van der Waals surface area contributed by atoms with Gasteiger partial charge in [-0.1, -0.05) is 41.9 Å². The van der Waals surface area contributed by atoms with Crippen molar-refractivity contribution in [2.75, 3.05) is 6.54 Å². The number of benzene rings is 2. The first kappa shape index (κ1) is 21.3. The summed E-state index contributed by atoms with van der Waals surface area (Å²) < 4.78 is 1.76. The Hall–Kier alpha value is -3.38. The normalized spacial score (nSPS) is 11.1. The van der Waals surface area contributed by atoms with Crippen LogP contribution >= 0.6 is 11.6 Å². The van der Waals surface area contributed by atoms with Gasteiger partial charge in [0.1, 0.15) is 0 Å². The third-order valence-corrected chi connectivity index (χ3v) is 4.42. The zero-order valence-electron chi connectivity index (χ0n) is 16.8. The minimum atomic E-state index is -0.358. The maximum absolute atomic E-state index is 12.2. The van der Waals surface area contributed by atoms with Gasteiger partial charge in [0.15, 0.2) is 0 Å². The first-order valence-electron chi connectivity index (χ1n) is 9.58. The second-order valence-corrected chi connectivity index (χ2v) is 7.43. The van der Waals surface area contributed by atoms with Crippen LogP contribution in [0.2, 0.25) is 5.02 Å². The molecule has 0 radical (unpaired) electrons. The summed E-state index contributed by atoms with van der Waals surface area (Å²) in [5, 5.41) is 10.6. The number of aromatic nitrogens is 2. The lowest BCUT2D eigenvalue weighted by atomic mass is 10.1. The SMILES string of the molecule is CC(C)NC(=O)CNC(=O)/C=C/c1cn(-c2ccccc2)nc1-c1ccc(Cl)cc1. The van der Waals surface area contributed by atoms with Gasteiger partial charge in [-0.15, -0.1) is 0 Å². The van der Waals surface area contributed by atoms with Gasteiger partial charge in [0.25, 0.3) is 0 Å². The second-order valence-electron chi connectivity index (χ2n) is 6.99. The molecule has 2 aromatic carbocycles. The summed E-state index contributed by atoms with van der Waals surface area (Å²) in [6, 6.07) is 17.1. The third-order valence-electron chi connectivity index (χ3n) is 4.17. The van der Waals surface area contributed by atoms with Crippen molar-refractivity contribution in [1.29, 1.82) is 0 Å². The van der Waals surface area contributed by atoms with Gasteiger partial charge >= 0.3 is 0 Å². The van der Waals surface area contributed by atoms with E-state index in [9.17, 15) is 9.59 Å². The van der Waals surface area contributed by atoms with Gasteiger partial charge in [-0.3, -0.25) is 9.59 Å². The van der Waals surface area contributed by atoms with E-state index < -0.39 is 0 Å². The lowest BCUT2D eigenvalue weighted by Gasteiger charge is -2.08. The molecule has 0 spiro atoms. The molecule has 0 saturated carbocycles. The molecule has 6 nitrogen and oxygen atoms in total. The molecule has 0 aliphatic heterocycles. The predicted octanol–water partition coefficient (Wildman–Crippen LogP) is 3.85. The molecule has 3 aromatic rings. The molecule has 1 heterocycles. The number of carbonyl (C=O) groups excluding carboxylic acids is 2. The lowest BCUT2D eigenvalue weighted by Crippen LogP contribution is -2.39. The first-order valence-corrected chi connectivity index (χ1v) is 9.96. The molecule has 1 aromatic heterocycles. The standard InChI is InChI=1S/C23H23ClN4O2/c1-16(2)26-22(30)14-25-21(29)13-10-18-15-28(20-6-4-3-5-7-20)27-23(18)17-8-11-19(24)12-9-17/h3-13,15-16H,14H2,1-2H3,(H,25,29)(H,26,30)/b13-10+. The summed E-state index contributed by atoms with van der Waals surface area (Å²) in [4.78, 5) is 23.8. The van der Waals surface area contributed by atoms with Crippen molar-refractivity contribution in [2.45, 2.75) is 19.9 Å². The average Bonchev–Trinajstić information content (AvgIpc) is 3.16. The molecule has 0 saturated heterocycles. The van der Waals surface area contributed by atoms with E-state index in [2.05, 4.69) is 10.6 Å². The second kappa shape index (κ2) is 9.89. The van der Waals surface area contributed by atoms with E-state index in [0.29, 0.717) is 5.02 Å². The van der Waals surface area contributed by atoms with Crippen LogP contribution in [0.3, 0.4) is 0 Å². The molecular weight excluding hydrogens is 400 g/mol. The number of amides is 2. The van der Waals surface area contributed by atoms with E-state index in [1.165, 1.54) is 6.08 Å². The van der Waals surface area contributed by atoms with Crippen molar-refractivity contribution in [3.63, 3.8) is 0 Å². The Morgan fingerprint density at radius 1 is 1.10 bits per heavy atom. The molecule has 0 atom stereocenters. The zero-order valence-corrected chi connectivity index (χ0v) is 17.6. The molecule has 154 valence electrons. The number of carbonyl (C=O) groups is 2. The molecule has 0 aliphatic rings. The topological polar surface area (TPSA) is 76.0 Å². The van der Waals surface area contributed by atoms with Crippen LogP contribution in [-0.2, 0) is 9.59 Å². The maximum atomic E-state index is 12.2. The van der Waals surface area contributed by atoms with E-state index in [1.807, 2.05) is 62.5 Å². The van der Waals surface area contributed by atoms with Crippen LogP contribution in [0.15, 0.2) is 66.9 Å². The summed E-state index contributed by atoms with van der Waals surface area (Å²) in [5.41, 5.74) is 3.27. The van der Waals surface area contributed by atoms with Crippen LogP contribution in [0.1, 0.15) is 19.4 Å². The lowest BCUT2D eigenvalue weighted by molar-refractivity contribution is -0.124. The largest absolute Gasteiger partial charge is 0.352 e. The number of hydrogen-bond donors (Lipinski definition) is 2. The zero-order chi connectivity index (χ0) is 21.5. The number of para-hydroxylation sites is 1. The molecule has 0 bridgehead atoms. The molecular formula is C23H23ClN4O2. The highest BCUT2D eigenvalue weighted by atomic mass is 35.5. The molecule has 7 heteroatoms. The van der Waals surface area contributed by atoms with Gasteiger partial charge in [0.05, 0.1) is 17.9 Å². The Labute approximate surface area is 180 Å². The Morgan fingerprint density at radius 3 is 2.47 bits per heavy atom. The van der Waals surface area contributed by atoms with Crippen LogP contribution < -0.4 is 10.6 Å². The van der Waals surface area contributed by atoms with E-state index in [-0.39, 0.29) is 24.4 Å². The summed E-state index contributed by atoms with van der Waals surface area (Å²) in [5.74, 6) is -0.589. The number of hydrogen-bond acceptors (Lipinski definition) is 3. The molecule has 0 unspecified atom stereocenters. The highest BCUT2D eigenvalue weighted by Gasteiger charge is 2.11. The van der Waals surface area contributed by atoms with E-state index >= 15 is 0 Å². The Bertz CT molecular complexity index is 1040. The molecule has 3 rings (SSSR count). The number of halogens is 1. The van der Waals surface area contributed by atoms with Gasteiger partial charge in [-0.25, -0.2) is 4.68 Å². The van der Waals surface area contributed by atoms with Crippen LogP contribution in [0.4, 0.5) is 0 Å². The van der Waals surface area contributed by atoms with Crippen molar-refractivity contribution in [1.82, 2.24) is 20.4 Å². The molecule has 2 amide bonds.